The van der Waals surface area contributed by atoms with Gasteiger partial charge in [0.2, 0.25) is 0 Å². The highest BCUT2D eigenvalue weighted by Gasteiger charge is 2.10. The maximum atomic E-state index is 10.9. The molecule has 5 nitrogen and oxygen atoms in total. The lowest BCUT2D eigenvalue weighted by Crippen LogP contribution is -2.20. The van der Waals surface area contributed by atoms with Crippen molar-refractivity contribution in [1.29, 1.82) is 5.26 Å². The van der Waals surface area contributed by atoms with E-state index in [1.807, 2.05) is 6.07 Å². The quantitative estimate of drug-likeness (QED) is 0.602. The van der Waals surface area contributed by atoms with E-state index in [-0.39, 0.29) is 6.42 Å². The van der Waals surface area contributed by atoms with Gasteiger partial charge in [0.15, 0.2) is 0 Å². The van der Waals surface area contributed by atoms with Crippen molar-refractivity contribution in [3.63, 3.8) is 0 Å². The largest absolute Gasteiger partial charge is 0.284 e. The third-order valence-electron chi connectivity index (χ3n) is 2.15. The normalized spacial score (nSPS) is 16.2. The predicted octanol–water partition coefficient (Wildman–Crippen LogP) is 1.21. The molecule has 0 bridgehead atoms. The number of allylic oxidation sites excluding steroid dienone is 2. The second kappa shape index (κ2) is 6.29. The van der Waals surface area contributed by atoms with Crippen LogP contribution in [0.5, 0.6) is 0 Å². The fourth-order valence-corrected chi connectivity index (χ4v) is 1.63. The molecule has 0 heterocycles. The summed E-state index contributed by atoms with van der Waals surface area (Å²) in [6, 6.07) is 2.01. The van der Waals surface area contributed by atoms with Crippen LogP contribution in [0.15, 0.2) is 11.3 Å². The lowest BCUT2D eigenvalue weighted by Gasteiger charge is -2.12. The summed E-state index contributed by atoms with van der Waals surface area (Å²) in [5, 5.41) is 8.69. The molecule has 0 aliphatic heterocycles. The molecule has 1 N–H and O–H groups in total. The van der Waals surface area contributed by atoms with Crippen LogP contribution in [0.2, 0.25) is 0 Å². The predicted molar refractivity (Wildman–Crippen MR) is 62.6 cm³/mol. The highest BCUT2D eigenvalue weighted by Crippen LogP contribution is 2.16. The van der Waals surface area contributed by atoms with Crippen LogP contribution in [0.25, 0.3) is 0 Å². The maximum absolute atomic E-state index is 10.9. The van der Waals surface area contributed by atoms with Crippen LogP contribution in [0.3, 0.4) is 0 Å². The van der Waals surface area contributed by atoms with Crippen molar-refractivity contribution in [1.82, 2.24) is 5.48 Å². The summed E-state index contributed by atoms with van der Waals surface area (Å²) in [4.78, 5) is 0. The van der Waals surface area contributed by atoms with Crippen molar-refractivity contribution in [2.45, 2.75) is 32.1 Å². The van der Waals surface area contributed by atoms with E-state index in [2.05, 4.69) is 21.6 Å². The van der Waals surface area contributed by atoms with Gasteiger partial charge in [-0.05, 0) is 19.3 Å². The molecule has 0 spiro atoms. The summed E-state index contributed by atoms with van der Waals surface area (Å²) in [6.07, 6.45) is 4.40. The van der Waals surface area contributed by atoms with Gasteiger partial charge < -0.3 is 0 Å². The Labute approximate surface area is 102 Å². The summed E-state index contributed by atoms with van der Waals surface area (Å²) in [5.74, 6) is 5.82. The van der Waals surface area contributed by atoms with Gasteiger partial charge in [-0.1, -0.05) is 11.8 Å². The molecule has 6 heteroatoms. The van der Waals surface area contributed by atoms with Gasteiger partial charge in [0.05, 0.1) is 24.4 Å². The van der Waals surface area contributed by atoms with E-state index in [4.69, 9.17) is 5.26 Å². The van der Waals surface area contributed by atoms with Crippen LogP contribution >= 0.6 is 0 Å². The Hall–Kier alpha value is -1.50. The summed E-state index contributed by atoms with van der Waals surface area (Å²) < 4.78 is 26.3. The number of rotatable bonds is 4. The number of hydrogen-bond donors (Lipinski definition) is 1. The lowest BCUT2D eigenvalue weighted by atomic mass is 10.0. The van der Waals surface area contributed by atoms with Crippen LogP contribution in [-0.2, 0) is 14.4 Å². The van der Waals surface area contributed by atoms with Gasteiger partial charge in [-0.3, -0.25) is 5.48 Å². The second-order valence-corrected chi connectivity index (χ2v) is 5.27. The molecule has 0 saturated carbocycles. The van der Waals surface area contributed by atoms with E-state index in [0.29, 0.717) is 17.7 Å². The molecule has 92 valence electrons. The van der Waals surface area contributed by atoms with Gasteiger partial charge in [0.25, 0.3) is 10.1 Å². The van der Waals surface area contributed by atoms with Gasteiger partial charge in [-0.25, -0.2) is 0 Å². The molecule has 0 amide bonds. The van der Waals surface area contributed by atoms with Gasteiger partial charge >= 0.3 is 0 Å². The van der Waals surface area contributed by atoms with E-state index in [1.54, 1.807) is 0 Å². The van der Waals surface area contributed by atoms with Crippen molar-refractivity contribution in [2.75, 3.05) is 6.26 Å². The molecular formula is C11H14N2O3S. The Kier molecular flexibility index (Phi) is 5.02. The second-order valence-electron chi connectivity index (χ2n) is 3.69. The van der Waals surface area contributed by atoms with E-state index >= 15 is 0 Å². The van der Waals surface area contributed by atoms with Gasteiger partial charge in [-0.15, -0.1) is 0 Å². The Bertz CT molecular complexity index is 503. The van der Waals surface area contributed by atoms with Crippen LogP contribution in [0, 0.1) is 23.2 Å². The van der Waals surface area contributed by atoms with Crippen molar-refractivity contribution in [3.05, 3.63) is 11.3 Å². The van der Waals surface area contributed by atoms with E-state index in [1.165, 1.54) is 0 Å². The number of hydrogen-bond acceptors (Lipinski definition) is 5. The summed E-state index contributed by atoms with van der Waals surface area (Å²) >= 11 is 0. The molecule has 0 aromatic carbocycles. The molecule has 0 radical (unpaired) electrons. The average Bonchev–Trinajstić information content (AvgIpc) is 2.20. The summed E-state index contributed by atoms with van der Waals surface area (Å²) in [7, 11) is -3.56. The number of hydroxylamine groups is 1. The maximum Gasteiger partial charge on any atom is 0.284 e. The zero-order valence-corrected chi connectivity index (χ0v) is 10.4. The van der Waals surface area contributed by atoms with Crippen molar-refractivity contribution in [3.8, 4) is 17.9 Å². The SMILES string of the molecule is CS(=O)(=O)ONC1=C(CC#N)C#CCCCC1. The summed E-state index contributed by atoms with van der Waals surface area (Å²) in [5.41, 5.74) is 3.60. The zero-order valence-electron chi connectivity index (χ0n) is 9.62. The molecule has 1 rings (SSSR count). The minimum Gasteiger partial charge on any atom is -0.253 e. The molecule has 0 aromatic rings. The first-order valence-corrected chi connectivity index (χ1v) is 7.07. The standard InChI is InChI=1S/C11H14N2O3S/c1-17(14,15)16-13-11-7-5-3-2-4-6-10(11)8-9-12/h13H,2-3,5,7-8H2,1H3. The summed E-state index contributed by atoms with van der Waals surface area (Å²) in [6.45, 7) is 0. The first-order chi connectivity index (χ1) is 8.03. The molecule has 0 unspecified atom stereocenters. The smallest absolute Gasteiger partial charge is 0.253 e. The first-order valence-electron chi connectivity index (χ1n) is 5.25. The average molecular weight is 254 g/mol. The van der Waals surface area contributed by atoms with Crippen LogP contribution in [0.4, 0.5) is 0 Å². The number of nitrogens with zero attached hydrogens (tertiary/aromatic N) is 1. The van der Waals surface area contributed by atoms with E-state index < -0.39 is 10.1 Å². The fourth-order valence-electron chi connectivity index (χ4n) is 1.38. The monoisotopic (exact) mass is 254 g/mol. The van der Waals surface area contributed by atoms with Crippen LogP contribution in [-0.4, -0.2) is 14.7 Å². The van der Waals surface area contributed by atoms with E-state index in [0.717, 1.165) is 25.5 Å². The minimum atomic E-state index is -3.56. The van der Waals surface area contributed by atoms with Crippen molar-refractivity contribution >= 4 is 10.1 Å². The first kappa shape index (κ1) is 13.6. The van der Waals surface area contributed by atoms with E-state index in [9.17, 15) is 8.42 Å². The lowest BCUT2D eigenvalue weighted by molar-refractivity contribution is 0.232. The molecule has 1 aliphatic rings. The highest BCUT2D eigenvalue weighted by atomic mass is 32.2. The Balaban J connectivity index is 2.87. The molecule has 0 aromatic heterocycles. The Morgan fingerprint density at radius 2 is 2.29 bits per heavy atom. The fraction of sp³-hybridized carbons (Fsp3) is 0.545. The molecule has 0 atom stereocenters. The Morgan fingerprint density at radius 3 is 2.94 bits per heavy atom. The van der Waals surface area contributed by atoms with Crippen LogP contribution in [0.1, 0.15) is 32.1 Å². The number of nitriles is 1. The van der Waals surface area contributed by atoms with Crippen molar-refractivity contribution < 1.29 is 12.7 Å². The van der Waals surface area contributed by atoms with Gasteiger partial charge in [-0.2, -0.15) is 18.0 Å². The molecule has 1 aliphatic carbocycles. The molecule has 0 fully saturated rings. The molecule has 17 heavy (non-hydrogen) atoms. The highest BCUT2D eigenvalue weighted by molar-refractivity contribution is 7.85. The zero-order chi connectivity index (χ0) is 12.7. The molecule has 0 saturated heterocycles. The Morgan fingerprint density at radius 1 is 1.53 bits per heavy atom. The number of nitrogens with one attached hydrogen (secondary N) is 1. The van der Waals surface area contributed by atoms with Crippen molar-refractivity contribution in [2.24, 2.45) is 0 Å². The third kappa shape index (κ3) is 5.39. The third-order valence-corrected chi connectivity index (χ3v) is 2.54. The minimum absolute atomic E-state index is 0.155. The molecular weight excluding hydrogens is 240 g/mol. The van der Waals surface area contributed by atoms with Gasteiger partial charge in [0, 0.05) is 12.0 Å². The van der Waals surface area contributed by atoms with Gasteiger partial charge in [0.1, 0.15) is 0 Å². The van der Waals surface area contributed by atoms with Crippen LogP contribution < -0.4 is 5.48 Å². The topological polar surface area (TPSA) is 79.2 Å².